The first kappa shape index (κ1) is 8.50. The van der Waals surface area contributed by atoms with Crippen molar-refractivity contribution in [3.63, 3.8) is 0 Å². The number of hydrogen-bond donors (Lipinski definition) is 1. The highest BCUT2D eigenvalue weighted by molar-refractivity contribution is 6.29. The molecule has 0 aliphatic carbocycles. The second-order valence-corrected chi connectivity index (χ2v) is 4.30. The summed E-state index contributed by atoms with van der Waals surface area (Å²) in [5.74, 6) is 0. The maximum Gasteiger partial charge on any atom is 0.129 e. The lowest BCUT2D eigenvalue weighted by Gasteiger charge is -2.45. The van der Waals surface area contributed by atoms with Gasteiger partial charge in [0.25, 0.3) is 0 Å². The molecule has 14 heavy (non-hydrogen) atoms. The first-order valence-electron chi connectivity index (χ1n) is 4.96. The van der Waals surface area contributed by atoms with Gasteiger partial charge in [0.2, 0.25) is 0 Å². The molecule has 74 valence electrons. The quantitative estimate of drug-likeness (QED) is 0.707. The smallest absolute Gasteiger partial charge is 0.129 e. The minimum atomic E-state index is 0.565. The summed E-state index contributed by atoms with van der Waals surface area (Å²) in [4.78, 5) is 6.50. The van der Waals surface area contributed by atoms with Crippen LogP contribution in [-0.2, 0) is 0 Å². The fourth-order valence-corrected chi connectivity index (χ4v) is 2.47. The van der Waals surface area contributed by atoms with Crippen LogP contribution in [-0.4, -0.2) is 30.2 Å². The van der Waals surface area contributed by atoms with Crippen molar-refractivity contribution in [1.29, 1.82) is 0 Å². The highest BCUT2D eigenvalue weighted by Gasteiger charge is 2.41. The third-order valence-electron chi connectivity index (χ3n) is 3.15. The molecule has 0 amide bonds. The zero-order chi connectivity index (χ0) is 9.54. The largest absolute Gasteiger partial charge is 0.364 e. The van der Waals surface area contributed by atoms with E-state index in [0.29, 0.717) is 17.2 Å². The van der Waals surface area contributed by atoms with E-state index in [-0.39, 0.29) is 0 Å². The first-order chi connectivity index (χ1) is 6.84. The monoisotopic (exact) mass is 209 g/mol. The van der Waals surface area contributed by atoms with E-state index in [2.05, 4.69) is 15.2 Å². The lowest BCUT2D eigenvalue weighted by Crippen LogP contribution is -2.61. The van der Waals surface area contributed by atoms with Gasteiger partial charge in [-0.25, -0.2) is 4.98 Å². The molecule has 2 aliphatic rings. The van der Waals surface area contributed by atoms with Crippen molar-refractivity contribution in [2.75, 3.05) is 18.0 Å². The molecule has 2 fully saturated rings. The predicted molar refractivity (Wildman–Crippen MR) is 56.8 cm³/mol. The molecule has 3 nitrogen and oxygen atoms in total. The Kier molecular flexibility index (Phi) is 1.89. The summed E-state index contributed by atoms with van der Waals surface area (Å²) in [6, 6.07) is 5.28. The van der Waals surface area contributed by atoms with Gasteiger partial charge < -0.3 is 10.2 Å². The van der Waals surface area contributed by atoms with Crippen molar-refractivity contribution in [3.8, 4) is 0 Å². The van der Waals surface area contributed by atoms with Gasteiger partial charge >= 0.3 is 0 Å². The predicted octanol–water partition coefficient (Wildman–Crippen LogP) is 1.29. The molecule has 0 saturated carbocycles. The van der Waals surface area contributed by atoms with Gasteiger partial charge in [-0.15, -0.1) is 0 Å². The lowest BCUT2D eigenvalue weighted by atomic mass is 9.97. The zero-order valence-corrected chi connectivity index (χ0v) is 8.54. The third kappa shape index (κ3) is 1.20. The van der Waals surface area contributed by atoms with E-state index in [1.807, 2.05) is 18.3 Å². The first-order valence-corrected chi connectivity index (χ1v) is 5.34. The molecule has 1 aromatic heterocycles. The van der Waals surface area contributed by atoms with Crippen LogP contribution in [0.3, 0.4) is 0 Å². The molecule has 3 rings (SSSR count). The zero-order valence-electron chi connectivity index (χ0n) is 7.78. The molecule has 1 aromatic rings. The molecule has 3 heterocycles. The molecule has 2 atom stereocenters. The van der Waals surface area contributed by atoms with Gasteiger partial charge in [-0.05, 0) is 25.1 Å². The Morgan fingerprint density at radius 1 is 1.50 bits per heavy atom. The van der Waals surface area contributed by atoms with E-state index >= 15 is 0 Å². The van der Waals surface area contributed by atoms with Crippen LogP contribution in [0.2, 0.25) is 5.15 Å². The van der Waals surface area contributed by atoms with Gasteiger partial charge in [-0.3, -0.25) is 0 Å². The number of nitrogens with zero attached hydrogens (tertiary/aromatic N) is 2. The van der Waals surface area contributed by atoms with Crippen LogP contribution in [0.15, 0.2) is 18.3 Å². The Labute approximate surface area is 88.1 Å². The van der Waals surface area contributed by atoms with Gasteiger partial charge in [-0.1, -0.05) is 11.6 Å². The number of nitrogens with one attached hydrogen (secondary N) is 1. The number of fused-ring (bicyclic) bond motifs is 1. The van der Waals surface area contributed by atoms with Crippen molar-refractivity contribution in [2.45, 2.75) is 18.5 Å². The SMILES string of the molecule is Clc1ccc(N2C[C@H]3NCC[C@H]32)cn1. The fraction of sp³-hybridized carbons (Fsp3) is 0.500. The summed E-state index contributed by atoms with van der Waals surface area (Å²) in [6.45, 7) is 2.25. The molecule has 2 aliphatic heterocycles. The maximum absolute atomic E-state index is 5.75. The molecule has 0 aromatic carbocycles. The average Bonchev–Trinajstić information content (AvgIpc) is 2.52. The van der Waals surface area contributed by atoms with E-state index in [4.69, 9.17) is 11.6 Å². The molecule has 0 radical (unpaired) electrons. The van der Waals surface area contributed by atoms with Gasteiger partial charge in [0.15, 0.2) is 0 Å². The van der Waals surface area contributed by atoms with Crippen LogP contribution in [0.5, 0.6) is 0 Å². The van der Waals surface area contributed by atoms with E-state index in [1.165, 1.54) is 12.1 Å². The number of pyridine rings is 1. The maximum atomic E-state index is 5.75. The topological polar surface area (TPSA) is 28.2 Å². The molecular weight excluding hydrogens is 198 g/mol. The van der Waals surface area contributed by atoms with Crippen LogP contribution in [0.1, 0.15) is 6.42 Å². The fourth-order valence-electron chi connectivity index (χ4n) is 2.36. The molecule has 4 heteroatoms. The van der Waals surface area contributed by atoms with Crippen LogP contribution >= 0.6 is 11.6 Å². The van der Waals surface area contributed by atoms with Crippen molar-refractivity contribution in [2.24, 2.45) is 0 Å². The third-order valence-corrected chi connectivity index (χ3v) is 3.37. The van der Waals surface area contributed by atoms with Gasteiger partial charge in [0.05, 0.1) is 11.9 Å². The number of halogens is 1. The summed E-state index contributed by atoms with van der Waals surface area (Å²) in [7, 11) is 0. The van der Waals surface area contributed by atoms with Crippen LogP contribution in [0, 0.1) is 0 Å². The molecule has 0 spiro atoms. The van der Waals surface area contributed by atoms with Crippen LogP contribution in [0.4, 0.5) is 5.69 Å². The minimum absolute atomic E-state index is 0.565. The Morgan fingerprint density at radius 3 is 3.14 bits per heavy atom. The van der Waals surface area contributed by atoms with E-state index in [1.54, 1.807) is 0 Å². The summed E-state index contributed by atoms with van der Waals surface area (Å²) in [6.07, 6.45) is 3.10. The second kappa shape index (κ2) is 3.11. The van der Waals surface area contributed by atoms with Crippen molar-refractivity contribution < 1.29 is 0 Å². The molecule has 0 unspecified atom stereocenters. The average molecular weight is 210 g/mol. The van der Waals surface area contributed by atoms with E-state index in [0.717, 1.165) is 13.1 Å². The Hall–Kier alpha value is -0.800. The van der Waals surface area contributed by atoms with Crippen molar-refractivity contribution >= 4 is 17.3 Å². The Morgan fingerprint density at radius 2 is 2.43 bits per heavy atom. The van der Waals surface area contributed by atoms with Crippen molar-refractivity contribution in [1.82, 2.24) is 10.3 Å². The van der Waals surface area contributed by atoms with Crippen LogP contribution in [0.25, 0.3) is 0 Å². The number of rotatable bonds is 1. The van der Waals surface area contributed by atoms with Gasteiger partial charge in [-0.2, -0.15) is 0 Å². The minimum Gasteiger partial charge on any atom is -0.364 e. The number of aromatic nitrogens is 1. The summed E-state index contributed by atoms with van der Waals surface area (Å²) in [5, 5.41) is 4.04. The highest BCUT2D eigenvalue weighted by atomic mass is 35.5. The normalized spacial score (nSPS) is 29.9. The molecule has 2 saturated heterocycles. The highest BCUT2D eigenvalue weighted by Crippen LogP contribution is 2.31. The molecule has 1 N–H and O–H groups in total. The molecular formula is C10H12ClN3. The lowest BCUT2D eigenvalue weighted by molar-refractivity contribution is 0.396. The standard InChI is InChI=1S/C10H12ClN3/c11-10-2-1-7(5-13-10)14-6-8-9(14)3-4-12-8/h1-2,5,8-9,12H,3-4,6H2/t8-,9-/m1/s1. The number of hydrogen-bond acceptors (Lipinski definition) is 3. The molecule has 0 bridgehead atoms. The Balaban J connectivity index is 1.80. The Bertz CT molecular complexity index is 338. The van der Waals surface area contributed by atoms with Crippen molar-refractivity contribution in [3.05, 3.63) is 23.5 Å². The summed E-state index contributed by atoms with van der Waals surface area (Å²) < 4.78 is 0. The van der Waals surface area contributed by atoms with E-state index < -0.39 is 0 Å². The second-order valence-electron chi connectivity index (χ2n) is 3.91. The van der Waals surface area contributed by atoms with Gasteiger partial charge in [0, 0.05) is 18.6 Å². The summed E-state index contributed by atoms with van der Waals surface area (Å²) >= 11 is 5.75. The number of anilines is 1. The van der Waals surface area contributed by atoms with Gasteiger partial charge in [0.1, 0.15) is 5.15 Å². The van der Waals surface area contributed by atoms with Crippen LogP contribution < -0.4 is 10.2 Å². The summed E-state index contributed by atoms with van der Waals surface area (Å²) in [5.41, 5.74) is 1.19. The van der Waals surface area contributed by atoms with E-state index in [9.17, 15) is 0 Å².